The van der Waals surface area contributed by atoms with Gasteiger partial charge < -0.3 is 10.2 Å². The summed E-state index contributed by atoms with van der Waals surface area (Å²) in [7, 11) is 0. The molecular formula is C25H31N5O3. The van der Waals surface area contributed by atoms with E-state index in [1.807, 2.05) is 25.1 Å². The molecule has 0 radical (unpaired) electrons. The third-order valence-electron chi connectivity index (χ3n) is 6.43. The second-order valence-electron chi connectivity index (χ2n) is 8.76. The zero-order valence-corrected chi connectivity index (χ0v) is 19.3. The van der Waals surface area contributed by atoms with Gasteiger partial charge in [-0.1, -0.05) is 30.3 Å². The molecule has 33 heavy (non-hydrogen) atoms. The van der Waals surface area contributed by atoms with Gasteiger partial charge in [-0.15, -0.1) is 0 Å². The molecule has 0 aliphatic carbocycles. The van der Waals surface area contributed by atoms with Crippen LogP contribution in [-0.4, -0.2) is 52.2 Å². The average Bonchev–Trinajstić information content (AvgIpc) is 2.82. The number of rotatable bonds is 6. The fourth-order valence-electron chi connectivity index (χ4n) is 4.67. The van der Waals surface area contributed by atoms with Crippen molar-refractivity contribution in [3.63, 3.8) is 0 Å². The molecule has 1 aromatic carbocycles. The summed E-state index contributed by atoms with van der Waals surface area (Å²) in [5.41, 5.74) is 3.05. The van der Waals surface area contributed by atoms with Gasteiger partial charge >= 0.3 is 0 Å². The van der Waals surface area contributed by atoms with Crippen LogP contribution in [-0.2, 0) is 27.2 Å². The van der Waals surface area contributed by atoms with Gasteiger partial charge in [0.25, 0.3) is 0 Å². The number of aromatic nitrogens is 2. The molecule has 1 unspecified atom stereocenters. The van der Waals surface area contributed by atoms with Crippen LogP contribution in [0.3, 0.4) is 0 Å². The number of anilines is 1. The summed E-state index contributed by atoms with van der Waals surface area (Å²) < 4.78 is 0. The molecule has 174 valence electrons. The third-order valence-corrected chi connectivity index (χ3v) is 6.43. The number of hydrogen-bond donors (Lipinski definition) is 1. The van der Waals surface area contributed by atoms with E-state index in [4.69, 9.17) is 9.97 Å². The van der Waals surface area contributed by atoms with Crippen LogP contribution in [0.5, 0.6) is 0 Å². The summed E-state index contributed by atoms with van der Waals surface area (Å²) >= 11 is 0. The molecule has 1 fully saturated rings. The molecular weight excluding hydrogens is 418 g/mol. The number of benzene rings is 1. The topological polar surface area (TPSA) is 95.5 Å². The Labute approximate surface area is 194 Å². The second kappa shape index (κ2) is 10.1. The molecule has 2 aliphatic rings. The summed E-state index contributed by atoms with van der Waals surface area (Å²) in [5.74, 6) is 0.979. The molecule has 8 nitrogen and oxygen atoms in total. The fraction of sp³-hybridized carbons (Fsp3) is 0.480. The van der Waals surface area contributed by atoms with Crippen molar-refractivity contribution < 1.29 is 14.4 Å². The van der Waals surface area contributed by atoms with Crippen molar-refractivity contribution >= 4 is 23.5 Å². The first kappa shape index (κ1) is 22.9. The largest absolute Gasteiger partial charge is 0.347 e. The van der Waals surface area contributed by atoms with Crippen molar-refractivity contribution in [2.24, 2.45) is 0 Å². The van der Waals surface area contributed by atoms with Crippen LogP contribution >= 0.6 is 0 Å². The number of nitrogens with zero attached hydrogens (tertiary/aromatic N) is 4. The lowest BCUT2D eigenvalue weighted by Crippen LogP contribution is -2.45. The Kier molecular flexibility index (Phi) is 7.01. The third kappa shape index (κ3) is 5.21. The number of piperidine rings is 1. The zero-order chi connectivity index (χ0) is 23.4. The van der Waals surface area contributed by atoms with Crippen LogP contribution < -0.4 is 10.2 Å². The number of carbonyl (C=O) groups is 3. The predicted molar refractivity (Wildman–Crippen MR) is 125 cm³/mol. The normalized spacial score (nSPS) is 18.1. The van der Waals surface area contributed by atoms with Crippen LogP contribution in [0.15, 0.2) is 30.3 Å². The van der Waals surface area contributed by atoms with E-state index >= 15 is 0 Å². The SMILES string of the molecule is CC(=O)NCC(=O)N1CCCCC1c1nc(C)c2c(n1)N(CCc1ccccc1)C(=O)CC2. The summed E-state index contributed by atoms with van der Waals surface area (Å²) in [6, 6.07) is 9.86. The van der Waals surface area contributed by atoms with Crippen LogP contribution in [0.1, 0.15) is 61.3 Å². The molecule has 3 amide bonds. The predicted octanol–water partition coefficient (Wildman–Crippen LogP) is 2.50. The Bertz CT molecular complexity index is 1040. The molecule has 1 saturated heterocycles. The molecule has 0 saturated carbocycles. The van der Waals surface area contributed by atoms with E-state index in [0.29, 0.717) is 37.6 Å². The maximum atomic E-state index is 12.9. The maximum Gasteiger partial charge on any atom is 0.242 e. The maximum absolute atomic E-state index is 12.9. The van der Waals surface area contributed by atoms with Crippen LogP contribution in [0.25, 0.3) is 0 Å². The van der Waals surface area contributed by atoms with Gasteiger partial charge in [-0.25, -0.2) is 9.97 Å². The fourth-order valence-corrected chi connectivity index (χ4v) is 4.67. The minimum absolute atomic E-state index is 0.0303. The molecule has 1 atom stereocenters. The van der Waals surface area contributed by atoms with E-state index < -0.39 is 0 Å². The summed E-state index contributed by atoms with van der Waals surface area (Å²) in [6.45, 7) is 4.50. The Balaban J connectivity index is 1.61. The Morgan fingerprint density at radius 2 is 1.91 bits per heavy atom. The van der Waals surface area contributed by atoms with Crippen molar-refractivity contribution in [2.45, 2.75) is 58.4 Å². The summed E-state index contributed by atoms with van der Waals surface area (Å²) in [5, 5.41) is 2.60. The van der Waals surface area contributed by atoms with Crippen LogP contribution in [0.4, 0.5) is 5.82 Å². The Hall–Kier alpha value is -3.29. The van der Waals surface area contributed by atoms with E-state index in [1.165, 1.54) is 12.5 Å². The first-order valence-corrected chi connectivity index (χ1v) is 11.7. The van der Waals surface area contributed by atoms with E-state index in [9.17, 15) is 14.4 Å². The van der Waals surface area contributed by atoms with Crippen molar-refractivity contribution in [2.75, 3.05) is 24.5 Å². The Morgan fingerprint density at radius 3 is 2.67 bits per heavy atom. The van der Waals surface area contributed by atoms with Crippen molar-refractivity contribution in [3.05, 3.63) is 53.0 Å². The molecule has 0 bridgehead atoms. The second-order valence-corrected chi connectivity index (χ2v) is 8.76. The molecule has 4 rings (SSSR count). The lowest BCUT2D eigenvalue weighted by atomic mass is 9.99. The van der Waals surface area contributed by atoms with Gasteiger partial charge in [0.05, 0.1) is 12.6 Å². The van der Waals surface area contributed by atoms with Gasteiger partial charge in [-0.2, -0.15) is 0 Å². The smallest absolute Gasteiger partial charge is 0.242 e. The van der Waals surface area contributed by atoms with E-state index in [-0.39, 0.29) is 30.3 Å². The van der Waals surface area contributed by atoms with Gasteiger partial charge in [0.15, 0.2) is 5.82 Å². The average molecular weight is 450 g/mol. The van der Waals surface area contributed by atoms with Gasteiger partial charge in [0.2, 0.25) is 17.7 Å². The zero-order valence-electron chi connectivity index (χ0n) is 19.3. The lowest BCUT2D eigenvalue weighted by molar-refractivity contribution is -0.136. The first-order valence-electron chi connectivity index (χ1n) is 11.7. The van der Waals surface area contributed by atoms with E-state index in [2.05, 4.69) is 17.4 Å². The minimum atomic E-state index is -0.253. The standard InChI is InChI=1S/C25H31N5O3/c1-17-20-11-12-22(32)30(15-13-19-8-4-3-5-9-19)25(20)28-24(27-17)21-10-6-7-14-29(21)23(33)16-26-18(2)31/h3-5,8-9,21H,6-7,10-16H2,1-2H3,(H,26,31). The van der Waals surface area contributed by atoms with Gasteiger partial charge in [0, 0.05) is 37.7 Å². The molecule has 2 aromatic rings. The molecule has 0 spiro atoms. The van der Waals surface area contributed by atoms with Crippen molar-refractivity contribution in [3.8, 4) is 0 Å². The van der Waals surface area contributed by atoms with Gasteiger partial charge in [-0.05, 0) is 44.6 Å². The highest BCUT2D eigenvalue weighted by Gasteiger charge is 2.33. The van der Waals surface area contributed by atoms with Crippen LogP contribution in [0, 0.1) is 6.92 Å². The molecule has 3 heterocycles. The minimum Gasteiger partial charge on any atom is -0.347 e. The number of likely N-dealkylation sites (tertiary alicyclic amines) is 1. The number of aryl methyl sites for hydroxylation is 1. The highest BCUT2D eigenvalue weighted by atomic mass is 16.2. The van der Waals surface area contributed by atoms with Crippen molar-refractivity contribution in [1.82, 2.24) is 20.2 Å². The Morgan fingerprint density at radius 1 is 1.12 bits per heavy atom. The highest BCUT2D eigenvalue weighted by Crippen LogP contribution is 2.34. The summed E-state index contributed by atoms with van der Waals surface area (Å²) in [4.78, 5) is 50.2. The lowest BCUT2D eigenvalue weighted by Gasteiger charge is -2.36. The van der Waals surface area contributed by atoms with E-state index in [0.717, 1.165) is 36.9 Å². The van der Waals surface area contributed by atoms with E-state index in [1.54, 1.807) is 9.80 Å². The van der Waals surface area contributed by atoms with Gasteiger partial charge in [-0.3, -0.25) is 19.3 Å². The highest BCUT2D eigenvalue weighted by molar-refractivity contribution is 5.95. The monoisotopic (exact) mass is 449 g/mol. The molecule has 1 aromatic heterocycles. The number of nitrogens with one attached hydrogen (secondary N) is 1. The number of fused-ring (bicyclic) bond motifs is 1. The summed E-state index contributed by atoms with van der Waals surface area (Å²) in [6.07, 6.45) is 4.49. The van der Waals surface area contributed by atoms with Crippen LogP contribution in [0.2, 0.25) is 0 Å². The first-order chi connectivity index (χ1) is 15.9. The van der Waals surface area contributed by atoms with Crippen molar-refractivity contribution in [1.29, 1.82) is 0 Å². The number of carbonyl (C=O) groups excluding carboxylic acids is 3. The van der Waals surface area contributed by atoms with Gasteiger partial charge in [0.1, 0.15) is 5.82 Å². The molecule has 1 N–H and O–H groups in total. The number of amides is 3. The molecule has 2 aliphatic heterocycles. The number of hydrogen-bond acceptors (Lipinski definition) is 5. The quantitative estimate of drug-likeness (QED) is 0.731. The molecule has 8 heteroatoms.